The molecule has 3 aromatic rings. The van der Waals surface area contributed by atoms with E-state index in [-0.39, 0.29) is 5.58 Å². The van der Waals surface area contributed by atoms with Gasteiger partial charge in [-0.2, -0.15) is 13.2 Å². The number of furan rings is 1. The minimum Gasteiger partial charge on any atom is -0.455 e. The molecule has 0 amide bonds. The summed E-state index contributed by atoms with van der Waals surface area (Å²) in [6, 6.07) is 14.7. The molecule has 0 aliphatic carbocycles. The molecule has 0 saturated heterocycles. The Morgan fingerprint density at radius 1 is 0.842 bits per heavy atom. The van der Waals surface area contributed by atoms with Gasteiger partial charge in [0.05, 0.1) is 5.56 Å². The Hall–Kier alpha value is -2.23. The summed E-state index contributed by atoms with van der Waals surface area (Å²) in [4.78, 5) is 0. The number of benzene rings is 2. The topological polar surface area (TPSA) is 13.1 Å². The van der Waals surface area contributed by atoms with E-state index in [0.717, 1.165) is 11.6 Å². The highest BCUT2D eigenvalue weighted by Gasteiger charge is 2.34. The van der Waals surface area contributed by atoms with Gasteiger partial charge >= 0.3 is 6.18 Å². The first-order valence-corrected chi connectivity index (χ1v) is 5.71. The Kier molecular flexibility index (Phi) is 2.59. The molecule has 19 heavy (non-hydrogen) atoms. The van der Waals surface area contributed by atoms with Gasteiger partial charge in [-0.1, -0.05) is 42.5 Å². The molecule has 3 rings (SSSR count). The first-order valence-electron chi connectivity index (χ1n) is 5.71. The zero-order valence-corrected chi connectivity index (χ0v) is 9.74. The molecule has 0 N–H and O–H groups in total. The molecular formula is C15H9F3O. The van der Waals surface area contributed by atoms with E-state index in [0.29, 0.717) is 11.1 Å². The highest BCUT2D eigenvalue weighted by Crippen LogP contribution is 2.37. The fourth-order valence-corrected chi connectivity index (χ4v) is 2.03. The van der Waals surface area contributed by atoms with Crippen LogP contribution in [0.15, 0.2) is 59.0 Å². The van der Waals surface area contributed by atoms with Gasteiger partial charge in [-0.15, -0.1) is 0 Å². The van der Waals surface area contributed by atoms with Crippen molar-refractivity contribution in [3.05, 3.63) is 60.2 Å². The van der Waals surface area contributed by atoms with Crippen LogP contribution >= 0.6 is 0 Å². The predicted octanol–water partition coefficient (Wildman–Crippen LogP) is 5.12. The van der Waals surface area contributed by atoms with Gasteiger partial charge in [-0.3, -0.25) is 0 Å². The van der Waals surface area contributed by atoms with Crippen molar-refractivity contribution in [1.29, 1.82) is 0 Å². The van der Waals surface area contributed by atoms with Crippen molar-refractivity contribution < 1.29 is 17.6 Å². The third kappa shape index (κ3) is 2.10. The molecule has 2 aromatic carbocycles. The second kappa shape index (κ2) is 4.16. The van der Waals surface area contributed by atoms with Crippen LogP contribution in [0.2, 0.25) is 0 Å². The van der Waals surface area contributed by atoms with Gasteiger partial charge in [0.25, 0.3) is 0 Å². The Morgan fingerprint density at radius 2 is 1.58 bits per heavy atom. The van der Waals surface area contributed by atoms with Crippen molar-refractivity contribution in [3.63, 3.8) is 0 Å². The molecule has 0 aliphatic rings. The standard InChI is InChI=1S/C15H9F3O/c16-15(17,18)12-8-4-7-11-9-13(19-14(11)12)10-5-2-1-3-6-10/h1-9H. The summed E-state index contributed by atoms with van der Waals surface area (Å²) in [5, 5.41) is 0.452. The number of hydrogen-bond acceptors (Lipinski definition) is 1. The number of alkyl halides is 3. The van der Waals surface area contributed by atoms with E-state index < -0.39 is 11.7 Å². The molecule has 0 bridgehead atoms. The van der Waals surface area contributed by atoms with Gasteiger partial charge in [-0.05, 0) is 12.1 Å². The lowest BCUT2D eigenvalue weighted by Crippen LogP contribution is -2.04. The van der Waals surface area contributed by atoms with E-state index in [2.05, 4.69) is 0 Å². The molecule has 0 fully saturated rings. The maximum absolute atomic E-state index is 12.9. The SMILES string of the molecule is FC(F)(F)c1cccc2cc(-c3ccccc3)oc12. The largest absolute Gasteiger partial charge is 0.455 e. The van der Waals surface area contributed by atoms with Crippen LogP contribution in [0, 0.1) is 0 Å². The Labute approximate surface area is 107 Å². The summed E-state index contributed by atoms with van der Waals surface area (Å²) in [6.45, 7) is 0. The Bertz CT molecular complexity index is 711. The molecule has 96 valence electrons. The van der Waals surface area contributed by atoms with Crippen molar-refractivity contribution in [2.24, 2.45) is 0 Å². The number of halogens is 3. The molecule has 0 atom stereocenters. The normalized spacial score (nSPS) is 11.9. The van der Waals surface area contributed by atoms with Crippen molar-refractivity contribution in [3.8, 4) is 11.3 Å². The number of para-hydroxylation sites is 1. The molecular weight excluding hydrogens is 253 g/mol. The number of fused-ring (bicyclic) bond motifs is 1. The first kappa shape index (κ1) is 11.8. The Morgan fingerprint density at radius 3 is 2.26 bits per heavy atom. The van der Waals surface area contributed by atoms with Gasteiger partial charge in [0, 0.05) is 10.9 Å². The molecule has 0 aliphatic heterocycles. The van der Waals surface area contributed by atoms with Crippen LogP contribution in [0.25, 0.3) is 22.3 Å². The maximum atomic E-state index is 12.9. The van der Waals surface area contributed by atoms with Gasteiger partial charge in [0.1, 0.15) is 11.3 Å². The highest BCUT2D eigenvalue weighted by atomic mass is 19.4. The monoisotopic (exact) mass is 262 g/mol. The lowest BCUT2D eigenvalue weighted by atomic mass is 10.1. The van der Waals surface area contributed by atoms with Gasteiger partial charge in [0.15, 0.2) is 0 Å². The van der Waals surface area contributed by atoms with Gasteiger partial charge in [0.2, 0.25) is 0 Å². The van der Waals surface area contributed by atoms with E-state index in [9.17, 15) is 13.2 Å². The van der Waals surface area contributed by atoms with Crippen molar-refractivity contribution in [2.75, 3.05) is 0 Å². The van der Waals surface area contributed by atoms with E-state index in [1.807, 2.05) is 18.2 Å². The van der Waals surface area contributed by atoms with E-state index in [4.69, 9.17) is 4.42 Å². The van der Waals surface area contributed by atoms with Gasteiger partial charge in [-0.25, -0.2) is 0 Å². The molecule has 4 heteroatoms. The number of rotatable bonds is 1. The predicted molar refractivity (Wildman–Crippen MR) is 66.7 cm³/mol. The lowest BCUT2D eigenvalue weighted by Gasteiger charge is -2.06. The van der Waals surface area contributed by atoms with Crippen molar-refractivity contribution in [2.45, 2.75) is 6.18 Å². The summed E-state index contributed by atoms with van der Waals surface area (Å²) < 4.78 is 44.0. The summed E-state index contributed by atoms with van der Waals surface area (Å²) in [7, 11) is 0. The lowest BCUT2D eigenvalue weighted by molar-refractivity contribution is -0.136. The smallest absolute Gasteiger partial charge is 0.420 e. The van der Waals surface area contributed by atoms with E-state index in [1.54, 1.807) is 24.3 Å². The van der Waals surface area contributed by atoms with Crippen LogP contribution in [0.5, 0.6) is 0 Å². The average Bonchev–Trinajstić information content (AvgIpc) is 2.82. The highest BCUT2D eigenvalue weighted by molar-refractivity contribution is 5.85. The molecule has 0 radical (unpaired) electrons. The molecule has 1 heterocycles. The fraction of sp³-hybridized carbons (Fsp3) is 0.0667. The second-order valence-corrected chi connectivity index (χ2v) is 4.20. The summed E-state index contributed by atoms with van der Waals surface area (Å²) in [5.74, 6) is 0.437. The summed E-state index contributed by atoms with van der Waals surface area (Å²) in [5.41, 5.74) is -0.104. The first-order chi connectivity index (χ1) is 9.05. The minimum atomic E-state index is -4.41. The van der Waals surface area contributed by atoms with Crippen LogP contribution in [0.1, 0.15) is 5.56 Å². The van der Waals surface area contributed by atoms with Crippen molar-refractivity contribution >= 4 is 11.0 Å². The third-order valence-corrected chi connectivity index (χ3v) is 2.91. The summed E-state index contributed by atoms with van der Waals surface area (Å²) in [6.07, 6.45) is -4.41. The third-order valence-electron chi connectivity index (χ3n) is 2.91. The average molecular weight is 262 g/mol. The summed E-state index contributed by atoms with van der Waals surface area (Å²) >= 11 is 0. The molecule has 0 spiro atoms. The molecule has 0 unspecified atom stereocenters. The van der Waals surface area contributed by atoms with Crippen LogP contribution in [-0.4, -0.2) is 0 Å². The molecule has 1 aromatic heterocycles. The maximum Gasteiger partial charge on any atom is 0.420 e. The number of hydrogen-bond donors (Lipinski definition) is 0. The molecule has 1 nitrogen and oxygen atoms in total. The van der Waals surface area contributed by atoms with Crippen LogP contribution in [-0.2, 0) is 6.18 Å². The quantitative estimate of drug-likeness (QED) is 0.593. The zero-order valence-electron chi connectivity index (χ0n) is 9.74. The van der Waals surface area contributed by atoms with Crippen LogP contribution < -0.4 is 0 Å². The van der Waals surface area contributed by atoms with E-state index >= 15 is 0 Å². The Balaban J connectivity index is 2.22. The van der Waals surface area contributed by atoms with Crippen LogP contribution in [0.4, 0.5) is 13.2 Å². The second-order valence-electron chi connectivity index (χ2n) is 4.20. The zero-order chi connectivity index (χ0) is 13.5. The molecule has 0 saturated carbocycles. The fourth-order valence-electron chi connectivity index (χ4n) is 2.03. The van der Waals surface area contributed by atoms with Crippen molar-refractivity contribution in [1.82, 2.24) is 0 Å². The van der Waals surface area contributed by atoms with Crippen LogP contribution in [0.3, 0.4) is 0 Å². The minimum absolute atomic E-state index is 0.117. The van der Waals surface area contributed by atoms with E-state index in [1.165, 1.54) is 6.07 Å². The van der Waals surface area contributed by atoms with Gasteiger partial charge < -0.3 is 4.42 Å².